The van der Waals surface area contributed by atoms with Gasteiger partial charge >= 0.3 is 11.9 Å². The van der Waals surface area contributed by atoms with Gasteiger partial charge in [-0.15, -0.1) is 0 Å². The van der Waals surface area contributed by atoms with Crippen molar-refractivity contribution in [2.75, 3.05) is 6.61 Å². The van der Waals surface area contributed by atoms with Crippen LogP contribution in [0.4, 0.5) is 0 Å². The maximum absolute atomic E-state index is 12.8. The fourth-order valence-corrected chi connectivity index (χ4v) is 8.43. The van der Waals surface area contributed by atoms with Crippen molar-refractivity contribution in [2.45, 2.75) is 71.4 Å². The summed E-state index contributed by atoms with van der Waals surface area (Å²) in [6, 6.07) is 0. The molecule has 0 aromatic heterocycles. The zero-order valence-corrected chi connectivity index (χ0v) is 19.4. The van der Waals surface area contributed by atoms with Crippen molar-refractivity contribution in [1.82, 2.24) is 0 Å². The average Bonchev–Trinajstić information content (AvgIpc) is 3.12. The van der Waals surface area contributed by atoms with Gasteiger partial charge in [-0.25, -0.2) is 4.79 Å². The highest BCUT2D eigenvalue weighted by atomic mass is 16.6. The topological polar surface area (TPSA) is 130 Å². The van der Waals surface area contributed by atoms with E-state index in [0.29, 0.717) is 12.0 Å². The first kappa shape index (κ1) is 22.7. The minimum atomic E-state index is -1.29. The van der Waals surface area contributed by atoms with Gasteiger partial charge in [-0.05, 0) is 37.3 Å². The summed E-state index contributed by atoms with van der Waals surface area (Å²) >= 11 is 0. The Bertz CT molecular complexity index is 998. The first-order chi connectivity index (χ1) is 15.4. The lowest BCUT2D eigenvalue weighted by atomic mass is 9.38. The van der Waals surface area contributed by atoms with E-state index in [-0.39, 0.29) is 31.1 Å². The Hall–Kier alpha value is -2.03. The maximum Gasteiger partial charge on any atom is 0.331 e. The molecule has 3 N–H and O–H groups in total. The highest BCUT2D eigenvalue weighted by molar-refractivity contribution is 5.96. The van der Waals surface area contributed by atoms with Crippen LogP contribution >= 0.6 is 0 Å². The number of carbonyl (C=O) groups is 3. The fraction of sp³-hybridized carbons (Fsp3) is 0.720. The lowest BCUT2D eigenvalue weighted by Gasteiger charge is -2.68. The van der Waals surface area contributed by atoms with Gasteiger partial charge in [0.25, 0.3) is 0 Å². The molecular weight excluding hydrogens is 428 g/mol. The van der Waals surface area contributed by atoms with E-state index in [2.05, 4.69) is 0 Å². The van der Waals surface area contributed by atoms with Crippen LogP contribution in [0, 0.1) is 34.0 Å². The number of carbonyl (C=O) groups excluding carboxylic acids is 3. The van der Waals surface area contributed by atoms with Crippen LogP contribution in [0.25, 0.3) is 0 Å². The number of ketones is 1. The average molecular weight is 461 g/mol. The summed E-state index contributed by atoms with van der Waals surface area (Å²) in [6.07, 6.45) is 0.0308. The molecule has 0 aromatic rings. The van der Waals surface area contributed by atoms with Crippen LogP contribution in [0.2, 0.25) is 0 Å². The smallest absolute Gasteiger partial charge is 0.331 e. The third-order valence-electron chi connectivity index (χ3n) is 9.68. The van der Waals surface area contributed by atoms with E-state index in [9.17, 15) is 29.7 Å². The molecule has 0 aromatic carbocycles. The number of aliphatic hydroxyl groups excluding tert-OH is 3. The van der Waals surface area contributed by atoms with Gasteiger partial charge in [0.1, 0.15) is 18.3 Å². The maximum atomic E-state index is 12.8. The zero-order chi connectivity index (χ0) is 24.1. The highest BCUT2D eigenvalue weighted by Crippen LogP contribution is 2.70. The molecule has 8 heteroatoms. The van der Waals surface area contributed by atoms with Crippen molar-refractivity contribution in [3.05, 3.63) is 23.3 Å². The molecule has 5 rings (SSSR count). The molecular formula is C25H32O8. The molecule has 0 spiro atoms. The van der Waals surface area contributed by atoms with Crippen LogP contribution in [0.5, 0.6) is 0 Å². The second-order valence-electron chi connectivity index (χ2n) is 11.3. The molecule has 8 nitrogen and oxygen atoms in total. The summed E-state index contributed by atoms with van der Waals surface area (Å²) in [7, 11) is 0. The molecule has 2 saturated carbocycles. The Labute approximate surface area is 192 Å². The van der Waals surface area contributed by atoms with E-state index in [1.54, 1.807) is 0 Å². The number of rotatable bonds is 2. The van der Waals surface area contributed by atoms with Gasteiger partial charge in [-0.1, -0.05) is 26.3 Å². The highest BCUT2D eigenvalue weighted by Gasteiger charge is 2.72. The first-order valence-corrected chi connectivity index (χ1v) is 11.7. The minimum Gasteiger partial charge on any atom is -0.461 e. The number of hydrogen-bond donors (Lipinski definition) is 3. The van der Waals surface area contributed by atoms with Gasteiger partial charge in [0.15, 0.2) is 5.78 Å². The molecule has 0 unspecified atom stereocenters. The molecule has 0 radical (unpaired) electrons. The summed E-state index contributed by atoms with van der Waals surface area (Å²) in [6.45, 7) is 7.25. The molecule has 33 heavy (non-hydrogen) atoms. The van der Waals surface area contributed by atoms with Crippen molar-refractivity contribution in [1.29, 1.82) is 0 Å². The van der Waals surface area contributed by atoms with E-state index in [4.69, 9.17) is 9.47 Å². The van der Waals surface area contributed by atoms with Crippen LogP contribution in [-0.4, -0.2) is 64.1 Å². The number of aliphatic hydroxyl groups is 3. The van der Waals surface area contributed by atoms with Crippen LogP contribution in [0.3, 0.4) is 0 Å². The Kier molecular flexibility index (Phi) is 4.82. The number of esters is 2. The van der Waals surface area contributed by atoms with Crippen LogP contribution in [-0.2, 0) is 23.9 Å². The van der Waals surface area contributed by atoms with Gasteiger partial charge in [-0.3, -0.25) is 9.59 Å². The molecule has 3 fully saturated rings. The van der Waals surface area contributed by atoms with Crippen molar-refractivity contribution in [3.8, 4) is 0 Å². The summed E-state index contributed by atoms with van der Waals surface area (Å²) in [5, 5.41) is 32.8. The Morgan fingerprint density at radius 2 is 1.79 bits per heavy atom. The first-order valence-electron chi connectivity index (χ1n) is 11.7. The molecule has 0 amide bonds. The van der Waals surface area contributed by atoms with E-state index < -0.39 is 64.4 Å². The largest absolute Gasteiger partial charge is 0.461 e. The fourth-order valence-electron chi connectivity index (χ4n) is 8.43. The summed E-state index contributed by atoms with van der Waals surface area (Å²) in [5.74, 6) is -2.55. The van der Waals surface area contributed by atoms with Crippen LogP contribution in [0.1, 0.15) is 47.0 Å². The molecule has 180 valence electrons. The van der Waals surface area contributed by atoms with E-state index in [0.717, 1.165) is 5.57 Å². The van der Waals surface area contributed by atoms with E-state index in [1.807, 2.05) is 27.7 Å². The van der Waals surface area contributed by atoms with Gasteiger partial charge in [0, 0.05) is 34.2 Å². The number of allylic oxidation sites excluding steroid dienone is 1. The van der Waals surface area contributed by atoms with Crippen LogP contribution in [0.15, 0.2) is 23.3 Å². The van der Waals surface area contributed by atoms with Gasteiger partial charge in [-0.2, -0.15) is 0 Å². The second-order valence-corrected chi connectivity index (χ2v) is 11.3. The number of hydrogen-bond acceptors (Lipinski definition) is 8. The summed E-state index contributed by atoms with van der Waals surface area (Å²) < 4.78 is 11.5. The Balaban J connectivity index is 1.70. The minimum absolute atomic E-state index is 0.0745. The SMILES string of the molecule is CC1=CC(=O)[C@@H](O)[C@@]2(C)[C@@H]1C[C@H]1OC(=O)C=C3[C@@]1(C)[C@H]2[C@H](O)C[C@@]3(C)[C@H]1OC(=O)C[C@@H]1CO. The van der Waals surface area contributed by atoms with Gasteiger partial charge in [0.05, 0.1) is 19.1 Å². The predicted molar refractivity (Wildman–Crippen MR) is 114 cm³/mol. The third kappa shape index (κ3) is 2.71. The lowest BCUT2D eigenvalue weighted by Crippen LogP contribution is -2.71. The van der Waals surface area contributed by atoms with Crippen molar-refractivity contribution < 1.29 is 39.2 Å². The van der Waals surface area contributed by atoms with Gasteiger partial charge < -0.3 is 24.8 Å². The van der Waals surface area contributed by atoms with Gasteiger partial charge in [0.2, 0.25) is 0 Å². The third-order valence-corrected chi connectivity index (χ3v) is 9.68. The van der Waals surface area contributed by atoms with Crippen molar-refractivity contribution in [3.63, 3.8) is 0 Å². The summed E-state index contributed by atoms with van der Waals surface area (Å²) in [4.78, 5) is 37.6. The molecule has 2 aliphatic heterocycles. The molecule has 1 saturated heterocycles. The molecule has 10 atom stereocenters. The number of cyclic esters (lactones) is 1. The molecule has 2 heterocycles. The zero-order valence-electron chi connectivity index (χ0n) is 19.4. The predicted octanol–water partition coefficient (Wildman–Crippen LogP) is 1.07. The molecule has 3 aliphatic carbocycles. The Morgan fingerprint density at radius 1 is 1.09 bits per heavy atom. The van der Waals surface area contributed by atoms with Crippen LogP contribution < -0.4 is 0 Å². The standard InChI is InChI=1S/C25H32O8/c1-11-5-14(27)21(31)24(3)13(11)7-17-25(4)16(8-19(30)32-17)23(2,9-15(28)20(24)25)22-12(10-26)6-18(29)33-22/h5,8,12-13,15,17,20-22,26,28,31H,6-7,9-10H2,1-4H3/t12-,13-,15-,17-,20+,21-,22+,23-,24+,25-/m1/s1. The summed E-state index contributed by atoms with van der Waals surface area (Å²) in [5.41, 5.74) is -1.25. The lowest BCUT2D eigenvalue weighted by molar-refractivity contribution is -0.232. The second kappa shape index (κ2) is 6.99. The monoisotopic (exact) mass is 460 g/mol. The quantitative estimate of drug-likeness (QED) is 0.522. The Morgan fingerprint density at radius 3 is 2.45 bits per heavy atom. The molecule has 0 bridgehead atoms. The van der Waals surface area contributed by atoms with Crippen molar-refractivity contribution in [2.24, 2.45) is 34.0 Å². The van der Waals surface area contributed by atoms with E-state index >= 15 is 0 Å². The van der Waals surface area contributed by atoms with E-state index in [1.165, 1.54) is 12.2 Å². The van der Waals surface area contributed by atoms with Crippen molar-refractivity contribution >= 4 is 17.7 Å². The molecule has 5 aliphatic rings. The normalized spacial score (nSPS) is 51.1. The number of fused-ring (bicyclic) bond motifs is 2. The number of ether oxygens (including phenoxy) is 2.